The first-order chi connectivity index (χ1) is 15.8. The molecule has 0 aliphatic heterocycles. The van der Waals surface area contributed by atoms with Crippen LogP contribution < -0.4 is 5.32 Å². The number of hydrogen-bond donors (Lipinski definition) is 1. The molecule has 1 amide bonds. The number of aromatic nitrogens is 1. The van der Waals surface area contributed by atoms with Crippen LogP contribution in [0.3, 0.4) is 0 Å². The second-order valence-electron chi connectivity index (χ2n) is 7.28. The first-order valence-electron chi connectivity index (χ1n) is 10.2. The van der Waals surface area contributed by atoms with E-state index < -0.39 is 0 Å². The standard InChI is InChI=1S/C26H20N2O2S2/c29-25(22-11-6-14-31-22)28-26-27-16-23(32-26)24(20-8-2-1-3-9-20)30-17-18-12-13-19-7-4-5-10-21(19)15-18/h1-16,24H,17H2,(H,27,28,29). The van der Waals surface area contributed by atoms with Gasteiger partial charge in [-0.05, 0) is 39.4 Å². The van der Waals surface area contributed by atoms with Gasteiger partial charge in [0.15, 0.2) is 5.13 Å². The summed E-state index contributed by atoms with van der Waals surface area (Å²) in [5.74, 6) is -0.144. The molecule has 2 aromatic heterocycles. The Balaban J connectivity index is 1.36. The zero-order chi connectivity index (χ0) is 21.8. The van der Waals surface area contributed by atoms with Crippen LogP contribution in [0, 0.1) is 0 Å². The van der Waals surface area contributed by atoms with Gasteiger partial charge in [-0.2, -0.15) is 0 Å². The van der Waals surface area contributed by atoms with Crippen LogP contribution in [0.5, 0.6) is 0 Å². The number of benzene rings is 3. The molecule has 0 fully saturated rings. The molecule has 1 N–H and O–H groups in total. The van der Waals surface area contributed by atoms with Crippen molar-refractivity contribution in [3.63, 3.8) is 0 Å². The fourth-order valence-electron chi connectivity index (χ4n) is 3.51. The topological polar surface area (TPSA) is 51.2 Å². The number of amides is 1. The first-order valence-corrected chi connectivity index (χ1v) is 11.9. The predicted octanol–water partition coefficient (Wildman–Crippen LogP) is 6.92. The van der Waals surface area contributed by atoms with Gasteiger partial charge in [0, 0.05) is 6.20 Å². The van der Waals surface area contributed by atoms with Gasteiger partial charge in [-0.3, -0.25) is 10.1 Å². The molecule has 5 aromatic rings. The van der Waals surface area contributed by atoms with Gasteiger partial charge in [0.1, 0.15) is 6.10 Å². The molecule has 5 rings (SSSR count). The van der Waals surface area contributed by atoms with Crippen molar-refractivity contribution in [3.8, 4) is 0 Å². The Bertz CT molecular complexity index is 1330. The molecular formula is C26H20N2O2S2. The van der Waals surface area contributed by atoms with E-state index in [9.17, 15) is 4.79 Å². The highest BCUT2D eigenvalue weighted by molar-refractivity contribution is 7.16. The van der Waals surface area contributed by atoms with Crippen molar-refractivity contribution in [2.45, 2.75) is 12.7 Å². The second kappa shape index (κ2) is 9.44. The number of nitrogens with one attached hydrogen (secondary N) is 1. The quantitative estimate of drug-likeness (QED) is 0.289. The molecule has 1 atom stereocenters. The van der Waals surface area contributed by atoms with Gasteiger partial charge in [-0.25, -0.2) is 4.98 Å². The van der Waals surface area contributed by atoms with Crippen molar-refractivity contribution in [1.29, 1.82) is 0 Å². The summed E-state index contributed by atoms with van der Waals surface area (Å²) in [7, 11) is 0. The van der Waals surface area contributed by atoms with Crippen molar-refractivity contribution < 1.29 is 9.53 Å². The van der Waals surface area contributed by atoms with E-state index in [2.05, 4.69) is 52.8 Å². The Morgan fingerprint density at radius 3 is 2.56 bits per heavy atom. The van der Waals surface area contributed by atoms with Crippen LogP contribution in [0.1, 0.15) is 31.8 Å². The molecule has 0 saturated carbocycles. The van der Waals surface area contributed by atoms with E-state index in [1.54, 1.807) is 12.3 Å². The third kappa shape index (κ3) is 4.62. The number of hydrogen-bond acceptors (Lipinski definition) is 5. The number of thiophene rings is 1. The molecule has 0 spiro atoms. The summed E-state index contributed by atoms with van der Waals surface area (Å²) in [6.07, 6.45) is 1.51. The molecule has 0 aliphatic rings. The van der Waals surface area contributed by atoms with E-state index in [1.807, 2.05) is 41.8 Å². The number of fused-ring (bicyclic) bond motifs is 1. The van der Waals surface area contributed by atoms with Crippen LogP contribution in [0.25, 0.3) is 10.8 Å². The van der Waals surface area contributed by atoms with Gasteiger partial charge in [0.2, 0.25) is 0 Å². The maximum absolute atomic E-state index is 12.4. The average molecular weight is 457 g/mol. The fourth-order valence-corrected chi connectivity index (χ4v) is 5.02. The van der Waals surface area contributed by atoms with Crippen LogP contribution in [-0.4, -0.2) is 10.9 Å². The Hall–Kier alpha value is -3.32. The summed E-state index contributed by atoms with van der Waals surface area (Å²) in [5.41, 5.74) is 2.16. The molecule has 158 valence electrons. The van der Waals surface area contributed by atoms with E-state index in [1.165, 1.54) is 33.4 Å². The van der Waals surface area contributed by atoms with Gasteiger partial charge in [-0.1, -0.05) is 84.1 Å². The molecule has 0 bridgehead atoms. The minimum atomic E-state index is -0.271. The third-order valence-corrected chi connectivity index (χ3v) is 6.90. The molecule has 3 aromatic carbocycles. The Kier molecular flexibility index (Phi) is 6.07. The number of anilines is 1. The van der Waals surface area contributed by atoms with Gasteiger partial charge in [0.25, 0.3) is 5.91 Å². The zero-order valence-electron chi connectivity index (χ0n) is 17.1. The van der Waals surface area contributed by atoms with Crippen molar-refractivity contribution in [3.05, 3.63) is 117 Å². The Labute approximate surface area is 194 Å². The number of ether oxygens (including phenoxy) is 1. The molecule has 6 heteroatoms. The lowest BCUT2D eigenvalue weighted by atomic mass is 10.1. The SMILES string of the molecule is O=C(Nc1ncc(C(OCc2ccc3ccccc3c2)c2ccccc2)s1)c1cccs1. The molecule has 1 unspecified atom stereocenters. The summed E-state index contributed by atoms with van der Waals surface area (Å²) in [5, 5.41) is 7.74. The van der Waals surface area contributed by atoms with E-state index in [0.717, 1.165) is 16.0 Å². The summed E-state index contributed by atoms with van der Waals surface area (Å²) in [4.78, 5) is 18.4. The maximum atomic E-state index is 12.4. The maximum Gasteiger partial charge on any atom is 0.267 e. The number of carbonyl (C=O) groups is 1. The molecule has 2 heterocycles. The molecule has 0 aliphatic carbocycles. The number of thiazole rings is 1. The van der Waals surface area contributed by atoms with Gasteiger partial charge >= 0.3 is 0 Å². The normalized spacial score (nSPS) is 12.0. The van der Waals surface area contributed by atoms with Crippen molar-refractivity contribution in [1.82, 2.24) is 4.98 Å². The smallest absolute Gasteiger partial charge is 0.267 e. The molecule has 0 radical (unpaired) electrons. The van der Waals surface area contributed by atoms with E-state index in [0.29, 0.717) is 16.6 Å². The second-order valence-corrected chi connectivity index (χ2v) is 9.29. The van der Waals surface area contributed by atoms with Crippen LogP contribution in [0.2, 0.25) is 0 Å². The molecule has 32 heavy (non-hydrogen) atoms. The fraction of sp³-hybridized carbons (Fsp3) is 0.0769. The van der Waals surface area contributed by atoms with Crippen LogP contribution in [0.15, 0.2) is 96.5 Å². The van der Waals surface area contributed by atoms with Crippen LogP contribution in [-0.2, 0) is 11.3 Å². The summed E-state index contributed by atoms with van der Waals surface area (Å²) >= 11 is 2.84. The summed E-state index contributed by atoms with van der Waals surface area (Å²) in [6.45, 7) is 0.471. The van der Waals surface area contributed by atoms with Gasteiger partial charge in [-0.15, -0.1) is 11.3 Å². The zero-order valence-corrected chi connectivity index (χ0v) is 18.7. The largest absolute Gasteiger partial charge is 0.363 e. The minimum Gasteiger partial charge on any atom is -0.363 e. The lowest BCUT2D eigenvalue weighted by molar-refractivity contribution is 0.0689. The lowest BCUT2D eigenvalue weighted by Gasteiger charge is -2.17. The minimum absolute atomic E-state index is 0.144. The van der Waals surface area contributed by atoms with E-state index >= 15 is 0 Å². The van der Waals surface area contributed by atoms with Gasteiger partial charge < -0.3 is 4.74 Å². The van der Waals surface area contributed by atoms with E-state index in [4.69, 9.17) is 4.74 Å². The van der Waals surface area contributed by atoms with Crippen LogP contribution >= 0.6 is 22.7 Å². The number of rotatable bonds is 7. The number of carbonyl (C=O) groups excluding carboxylic acids is 1. The molecule has 4 nitrogen and oxygen atoms in total. The number of nitrogens with zero attached hydrogens (tertiary/aromatic N) is 1. The Morgan fingerprint density at radius 2 is 1.75 bits per heavy atom. The van der Waals surface area contributed by atoms with Crippen LogP contribution in [0.4, 0.5) is 5.13 Å². The van der Waals surface area contributed by atoms with Crippen molar-refractivity contribution in [2.75, 3.05) is 5.32 Å². The third-order valence-electron chi connectivity index (χ3n) is 5.08. The Morgan fingerprint density at radius 1 is 0.938 bits per heavy atom. The highest BCUT2D eigenvalue weighted by Crippen LogP contribution is 2.33. The molecular weight excluding hydrogens is 436 g/mol. The predicted molar refractivity (Wildman–Crippen MR) is 131 cm³/mol. The average Bonchev–Trinajstić information content (AvgIpc) is 3.53. The monoisotopic (exact) mass is 456 g/mol. The molecule has 0 saturated heterocycles. The summed E-state index contributed by atoms with van der Waals surface area (Å²) < 4.78 is 6.40. The summed E-state index contributed by atoms with van der Waals surface area (Å²) in [6, 6.07) is 28.4. The van der Waals surface area contributed by atoms with Crippen molar-refractivity contribution >= 4 is 44.5 Å². The van der Waals surface area contributed by atoms with Crippen molar-refractivity contribution in [2.24, 2.45) is 0 Å². The van der Waals surface area contributed by atoms with E-state index in [-0.39, 0.29) is 12.0 Å². The highest BCUT2D eigenvalue weighted by atomic mass is 32.1. The first kappa shape index (κ1) is 20.6. The lowest BCUT2D eigenvalue weighted by Crippen LogP contribution is -2.09. The highest BCUT2D eigenvalue weighted by Gasteiger charge is 2.19. The van der Waals surface area contributed by atoms with Gasteiger partial charge in [0.05, 0.1) is 16.4 Å².